The Morgan fingerprint density at radius 2 is 1.59 bits per heavy atom. The fraction of sp³-hybridized carbons (Fsp3) is 0.148. The van der Waals surface area contributed by atoms with Crippen LogP contribution in [0.15, 0.2) is 91.1 Å². The molecule has 0 aliphatic rings. The molecule has 0 aliphatic carbocycles. The van der Waals surface area contributed by atoms with Gasteiger partial charge >= 0.3 is 0 Å². The summed E-state index contributed by atoms with van der Waals surface area (Å²) in [5, 5.41) is 7.95. The minimum atomic E-state index is -0.295. The molecule has 4 aromatic rings. The van der Waals surface area contributed by atoms with Gasteiger partial charge in [-0.05, 0) is 24.3 Å². The Bertz CT molecular complexity index is 1270. The smallest absolute Gasteiger partial charge is 0.252 e. The van der Waals surface area contributed by atoms with Crippen LogP contribution >= 0.6 is 11.6 Å². The summed E-state index contributed by atoms with van der Waals surface area (Å²) in [6.45, 7) is 0.621. The van der Waals surface area contributed by atoms with Gasteiger partial charge in [-0.1, -0.05) is 72.3 Å². The van der Waals surface area contributed by atoms with E-state index in [1.54, 1.807) is 36.2 Å². The van der Waals surface area contributed by atoms with Crippen molar-refractivity contribution in [2.24, 2.45) is 0 Å². The number of benzene rings is 3. The molecule has 1 heterocycles. The molecule has 2 amide bonds. The second-order valence-corrected chi connectivity index (χ2v) is 8.29. The third-order valence-corrected chi connectivity index (χ3v) is 5.76. The number of carbonyl (C=O) groups is 2. The third-order valence-electron chi connectivity index (χ3n) is 5.43. The number of para-hydroxylation sites is 1. The van der Waals surface area contributed by atoms with Crippen molar-refractivity contribution in [3.63, 3.8) is 0 Å². The van der Waals surface area contributed by atoms with Crippen molar-refractivity contribution >= 4 is 23.4 Å². The Kier molecular flexibility index (Phi) is 7.40. The van der Waals surface area contributed by atoms with Crippen LogP contribution in [0.4, 0.5) is 0 Å². The molecule has 0 atom stereocenters. The fourth-order valence-electron chi connectivity index (χ4n) is 3.64. The average molecular weight is 473 g/mol. The first-order valence-corrected chi connectivity index (χ1v) is 11.4. The number of rotatable bonds is 8. The minimum Gasteiger partial charge on any atom is -0.351 e. The van der Waals surface area contributed by atoms with Gasteiger partial charge in [-0.25, -0.2) is 4.68 Å². The first-order chi connectivity index (χ1) is 16.5. The number of halogens is 1. The van der Waals surface area contributed by atoms with Gasteiger partial charge in [-0.3, -0.25) is 9.59 Å². The Hall–Kier alpha value is -3.90. The summed E-state index contributed by atoms with van der Waals surface area (Å²) in [5.41, 5.74) is 4.09. The Balaban J connectivity index is 1.44. The fourth-order valence-corrected chi connectivity index (χ4v) is 3.86. The lowest BCUT2D eigenvalue weighted by Gasteiger charge is -2.17. The standard InChI is InChI=1S/C27H25ClN4O2/c1-31(25(33)16-17-29-27(34)23-14-8-9-15-24(23)28)18-21-19-32(22-12-6-3-7-13-22)30-26(21)20-10-4-2-5-11-20/h2-15,19H,16-18H2,1H3,(H,29,34). The zero-order valence-electron chi connectivity index (χ0n) is 18.8. The van der Waals surface area contributed by atoms with Crippen LogP contribution in [0.3, 0.4) is 0 Å². The van der Waals surface area contributed by atoms with Crippen molar-refractivity contribution in [3.8, 4) is 16.9 Å². The lowest BCUT2D eigenvalue weighted by molar-refractivity contribution is -0.130. The predicted molar refractivity (Wildman–Crippen MR) is 134 cm³/mol. The second kappa shape index (κ2) is 10.8. The van der Waals surface area contributed by atoms with Crippen LogP contribution in [-0.4, -0.2) is 40.1 Å². The van der Waals surface area contributed by atoms with Crippen LogP contribution < -0.4 is 5.32 Å². The minimum absolute atomic E-state index is 0.0778. The number of nitrogens with one attached hydrogen (secondary N) is 1. The summed E-state index contributed by atoms with van der Waals surface area (Å²) >= 11 is 6.07. The van der Waals surface area contributed by atoms with Gasteiger partial charge in [-0.15, -0.1) is 0 Å². The van der Waals surface area contributed by atoms with Crippen LogP contribution in [0, 0.1) is 0 Å². The van der Waals surface area contributed by atoms with Crippen LogP contribution in [0.1, 0.15) is 22.3 Å². The van der Waals surface area contributed by atoms with Crippen LogP contribution in [-0.2, 0) is 11.3 Å². The molecular formula is C27H25ClN4O2. The lowest BCUT2D eigenvalue weighted by Crippen LogP contribution is -2.32. The maximum absolute atomic E-state index is 12.8. The van der Waals surface area contributed by atoms with E-state index in [1.807, 2.05) is 71.5 Å². The Morgan fingerprint density at radius 1 is 0.941 bits per heavy atom. The highest BCUT2D eigenvalue weighted by Gasteiger charge is 2.17. The summed E-state index contributed by atoms with van der Waals surface area (Å²) in [4.78, 5) is 26.7. The molecule has 0 saturated heterocycles. The van der Waals surface area contributed by atoms with Gasteiger partial charge in [0.25, 0.3) is 5.91 Å². The van der Waals surface area contributed by atoms with Gasteiger partial charge < -0.3 is 10.2 Å². The van der Waals surface area contributed by atoms with E-state index < -0.39 is 0 Å². The van der Waals surface area contributed by atoms with Crippen LogP contribution in [0.2, 0.25) is 5.02 Å². The second-order valence-electron chi connectivity index (χ2n) is 7.88. The van der Waals surface area contributed by atoms with E-state index in [0.29, 0.717) is 17.1 Å². The number of nitrogens with zero attached hydrogens (tertiary/aromatic N) is 3. The van der Waals surface area contributed by atoms with Crippen LogP contribution in [0.25, 0.3) is 16.9 Å². The largest absolute Gasteiger partial charge is 0.351 e. The van der Waals surface area contributed by atoms with Crippen molar-refractivity contribution < 1.29 is 9.59 Å². The molecule has 1 N–H and O–H groups in total. The molecule has 6 nitrogen and oxygen atoms in total. The van der Waals surface area contributed by atoms with Gasteiger partial charge in [-0.2, -0.15) is 5.10 Å². The highest BCUT2D eigenvalue weighted by atomic mass is 35.5. The zero-order valence-corrected chi connectivity index (χ0v) is 19.6. The molecule has 0 fully saturated rings. The van der Waals surface area contributed by atoms with E-state index in [2.05, 4.69) is 5.32 Å². The molecule has 1 aromatic heterocycles. The van der Waals surface area contributed by atoms with Gasteiger partial charge in [0.2, 0.25) is 5.91 Å². The quantitative estimate of drug-likeness (QED) is 0.393. The molecule has 34 heavy (non-hydrogen) atoms. The number of hydrogen-bond donors (Lipinski definition) is 1. The molecule has 0 radical (unpaired) electrons. The number of aromatic nitrogens is 2. The van der Waals surface area contributed by atoms with Gasteiger partial charge in [0.1, 0.15) is 0 Å². The number of amides is 2. The molecule has 172 valence electrons. The summed E-state index contributed by atoms with van der Waals surface area (Å²) in [5.74, 6) is -0.373. The van der Waals surface area contributed by atoms with E-state index >= 15 is 0 Å². The molecule has 3 aromatic carbocycles. The van der Waals surface area contributed by atoms with E-state index in [0.717, 1.165) is 22.5 Å². The van der Waals surface area contributed by atoms with E-state index in [4.69, 9.17) is 16.7 Å². The van der Waals surface area contributed by atoms with Gasteiger partial charge in [0, 0.05) is 43.9 Å². The Morgan fingerprint density at radius 3 is 2.29 bits per heavy atom. The summed E-state index contributed by atoms with van der Waals surface area (Å²) in [7, 11) is 1.76. The molecular weight excluding hydrogens is 448 g/mol. The number of hydrogen-bond acceptors (Lipinski definition) is 3. The molecule has 0 spiro atoms. The number of carbonyl (C=O) groups excluding carboxylic acids is 2. The molecule has 4 rings (SSSR count). The van der Waals surface area contributed by atoms with Crippen molar-refractivity contribution in [1.82, 2.24) is 20.0 Å². The van der Waals surface area contributed by atoms with Crippen LogP contribution in [0.5, 0.6) is 0 Å². The van der Waals surface area contributed by atoms with Crippen molar-refractivity contribution in [1.29, 1.82) is 0 Å². The summed E-state index contributed by atoms with van der Waals surface area (Å²) in [6.07, 6.45) is 2.14. The van der Waals surface area contributed by atoms with Gasteiger partial charge in [0.15, 0.2) is 0 Å². The Labute approximate surface area is 203 Å². The van der Waals surface area contributed by atoms with E-state index in [-0.39, 0.29) is 24.8 Å². The predicted octanol–water partition coefficient (Wildman–Crippen LogP) is 4.97. The normalized spacial score (nSPS) is 10.6. The third kappa shape index (κ3) is 5.53. The van der Waals surface area contributed by atoms with E-state index in [1.165, 1.54) is 0 Å². The highest BCUT2D eigenvalue weighted by Crippen LogP contribution is 2.25. The molecule has 0 unspecified atom stereocenters. The van der Waals surface area contributed by atoms with Crippen molar-refractivity contribution in [3.05, 3.63) is 107 Å². The summed E-state index contributed by atoms with van der Waals surface area (Å²) < 4.78 is 1.83. The topological polar surface area (TPSA) is 67.2 Å². The maximum atomic E-state index is 12.8. The van der Waals surface area contributed by atoms with E-state index in [9.17, 15) is 9.59 Å². The van der Waals surface area contributed by atoms with Gasteiger partial charge in [0.05, 0.1) is 22.0 Å². The zero-order chi connectivity index (χ0) is 23.9. The first-order valence-electron chi connectivity index (χ1n) is 11.0. The molecule has 0 saturated carbocycles. The maximum Gasteiger partial charge on any atom is 0.252 e. The first kappa shape index (κ1) is 23.3. The van der Waals surface area contributed by atoms with Crippen molar-refractivity contribution in [2.75, 3.05) is 13.6 Å². The summed E-state index contributed by atoms with van der Waals surface area (Å²) in [6, 6.07) is 26.6. The molecule has 7 heteroatoms. The van der Waals surface area contributed by atoms with Crippen molar-refractivity contribution in [2.45, 2.75) is 13.0 Å². The molecule has 0 aliphatic heterocycles. The highest BCUT2D eigenvalue weighted by molar-refractivity contribution is 6.33. The molecule has 0 bridgehead atoms. The monoisotopic (exact) mass is 472 g/mol. The SMILES string of the molecule is CN(Cc1cn(-c2ccccc2)nc1-c1ccccc1)C(=O)CCNC(=O)c1ccccc1Cl. The average Bonchev–Trinajstić information content (AvgIpc) is 3.29. The lowest BCUT2D eigenvalue weighted by atomic mass is 10.1.